The summed E-state index contributed by atoms with van der Waals surface area (Å²) >= 11 is 5.82. The van der Waals surface area contributed by atoms with Crippen molar-refractivity contribution in [1.82, 2.24) is 0 Å². The first kappa shape index (κ1) is 9.27. The van der Waals surface area contributed by atoms with Crippen LogP contribution in [0.25, 0.3) is 0 Å². The summed E-state index contributed by atoms with van der Waals surface area (Å²) in [6, 6.07) is 4.40. The quantitative estimate of drug-likeness (QED) is 0.614. The molecule has 1 aromatic carbocycles. The Kier molecular flexibility index (Phi) is 2.88. The first-order valence-corrected chi connectivity index (χ1v) is 4.10. The van der Waals surface area contributed by atoms with Gasteiger partial charge in [-0.1, -0.05) is 30.7 Å². The van der Waals surface area contributed by atoms with Crippen LogP contribution in [0.15, 0.2) is 30.9 Å². The van der Waals surface area contributed by atoms with Gasteiger partial charge in [0, 0.05) is 10.9 Å². The first-order chi connectivity index (χ1) is 5.65. The number of hydrogen-bond acceptors (Lipinski definition) is 0. The summed E-state index contributed by atoms with van der Waals surface area (Å²) in [4.78, 5) is 0. The highest BCUT2D eigenvalue weighted by molar-refractivity contribution is 6.31. The van der Waals surface area contributed by atoms with Crippen LogP contribution in [0.3, 0.4) is 0 Å². The molecule has 64 valence electrons. The van der Waals surface area contributed by atoms with Gasteiger partial charge in [0.15, 0.2) is 0 Å². The van der Waals surface area contributed by atoms with E-state index in [4.69, 9.17) is 11.6 Å². The third-order valence-corrected chi connectivity index (χ3v) is 2.13. The Hall–Kier alpha value is -0.820. The van der Waals surface area contributed by atoms with Crippen molar-refractivity contribution in [2.24, 2.45) is 0 Å². The summed E-state index contributed by atoms with van der Waals surface area (Å²) in [5.41, 5.74) is 0.910. The Morgan fingerprint density at radius 1 is 1.58 bits per heavy atom. The lowest BCUT2D eigenvalue weighted by Crippen LogP contribution is -1.90. The molecule has 0 nitrogen and oxygen atoms in total. The maximum absolute atomic E-state index is 12.6. The minimum atomic E-state index is -0.306. The van der Waals surface area contributed by atoms with Crippen molar-refractivity contribution in [3.05, 3.63) is 47.3 Å². The van der Waals surface area contributed by atoms with Crippen LogP contribution >= 0.6 is 11.6 Å². The van der Waals surface area contributed by atoms with Gasteiger partial charge in [-0.25, -0.2) is 4.39 Å². The molecule has 1 atom stereocenters. The average molecular weight is 185 g/mol. The fourth-order valence-corrected chi connectivity index (χ4v) is 1.34. The summed E-state index contributed by atoms with van der Waals surface area (Å²) < 4.78 is 12.6. The molecule has 0 fully saturated rings. The molecule has 0 aromatic heterocycles. The molecule has 1 rings (SSSR count). The lowest BCUT2D eigenvalue weighted by molar-refractivity contribution is 0.627. The van der Waals surface area contributed by atoms with E-state index < -0.39 is 0 Å². The molecule has 1 aromatic rings. The van der Waals surface area contributed by atoms with Crippen molar-refractivity contribution >= 4 is 11.6 Å². The Morgan fingerprint density at radius 3 is 2.75 bits per heavy atom. The summed E-state index contributed by atoms with van der Waals surface area (Å²) in [5.74, 6) is -0.141. The van der Waals surface area contributed by atoms with E-state index in [1.165, 1.54) is 12.1 Å². The van der Waals surface area contributed by atoms with Gasteiger partial charge in [0.2, 0.25) is 0 Å². The average Bonchev–Trinajstić information content (AvgIpc) is 2.03. The Labute approximate surface area is 76.7 Å². The molecule has 0 amide bonds. The van der Waals surface area contributed by atoms with Gasteiger partial charge in [0.25, 0.3) is 0 Å². The zero-order valence-corrected chi connectivity index (χ0v) is 7.61. The Bertz CT molecular complexity index is 294. The molecule has 0 radical (unpaired) electrons. The van der Waals surface area contributed by atoms with Crippen LogP contribution < -0.4 is 0 Å². The molecular weight excluding hydrogens is 175 g/mol. The van der Waals surface area contributed by atoms with Crippen LogP contribution in [0, 0.1) is 5.82 Å². The highest BCUT2D eigenvalue weighted by Gasteiger charge is 2.06. The van der Waals surface area contributed by atoms with Crippen molar-refractivity contribution in [3.63, 3.8) is 0 Å². The van der Waals surface area contributed by atoms with Gasteiger partial charge >= 0.3 is 0 Å². The SMILES string of the molecule is C=C[C@H](C)c1ccc(F)cc1Cl. The van der Waals surface area contributed by atoms with Crippen molar-refractivity contribution in [2.45, 2.75) is 12.8 Å². The number of allylic oxidation sites excluding steroid dienone is 1. The van der Waals surface area contributed by atoms with Gasteiger partial charge in [-0.15, -0.1) is 6.58 Å². The van der Waals surface area contributed by atoms with Crippen LogP contribution in [0.4, 0.5) is 4.39 Å². The van der Waals surface area contributed by atoms with Crippen molar-refractivity contribution < 1.29 is 4.39 Å². The van der Waals surface area contributed by atoms with Crippen LogP contribution in [0.1, 0.15) is 18.4 Å². The van der Waals surface area contributed by atoms with E-state index in [9.17, 15) is 4.39 Å². The smallest absolute Gasteiger partial charge is 0.124 e. The summed E-state index contributed by atoms with van der Waals surface area (Å²) in [6.45, 7) is 5.61. The van der Waals surface area contributed by atoms with Crippen molar-refractivity contribution in [1.29, 1.82) is 0 Å². The predicted molar refractivity (Wildman–Crippen MR) is 50.0 cm³/mol. The predicted octanol–water partition coefficient (Wildman–Crippen LogP) is 3.77. The number of hydrogen-bond donors (Lipinski definition) is 0. The van der Waals surface area contributed by atoms with Crippen LogP contribution in [0.5, 0.6) is 0 Å². The maximum Gasteiger partial charge on any atom is 0.124 e. The fourth-order valence-electron chi connectivity index (χ4n) is 0.998. The van der Waals surface area contributed by atoms with Gasteiger partial charge in [-0.2, -0.15) is 0 Å². The molecular formula is C10H10ClF. The molecule has 0 N–H and O–H groups in total. The van der Waals surface area contributed by atoms with Crippen LogP contribution in [0.2, 0.25) is 5.02 Å². The lowest BCUT2D eigenvalue weighted by atomic mass is 10.0. The largest absolute Gasteiger partial charge is 0.207 e. The van der Waals surface area contributed by atoms with Gasteiger partial charge in [0.1, 0.15) is 5.82 Å². The van der Waals surface area contributed by atoms with Gasteiger partial charge in [-0.3, -0.25) is 0 Å². The van der Waals surface area contributed by atoms with E-state index >= 15 is 0 Å². The second-order valence-electron chi connectivity index (χ2n) is 2.69. The van der Waals surface area contributed by atoms with Crippen LogP contribution in [-0.2, 0) is 0 Å². The molecule has 0 saturated heterocycles. The third kappa shape index (κ3) is 1.86. The second kappa shape index (κ2) is 3.72. The molecule has 0 aliphatic rings. The molecule has 0 aliphatic heterocycles. The highest BCUT2D eigenvalue weighted by atomic mass is 35.5. The Balaban J connectivity index is 3.09. The van der Waals surface area contributed by atoms with Crippen molar-refractivity contribution in [3.8, 4) is 0 Å². The molecule has 0 heterocycles. The lowest BCUT2D eigenvalue weighted by Gasteiger charge is -2.07. The molecule has 0 aliphatic carbocycles. The fraction of sp³-hybridized carbons (Fsp3) is 0.200. The third-order valence-electron chi connectivity index (χ3n) is 1.81. The van der Waals surface area contributed by atoms with E-state index in [0.717, 1.165) is 5.56 Å². The minimum absolute atomic E-state index is 0.165. The zero-order chi connectivity index (χ0) is 9.14. The normalized spacial score (nSPS) is 12.6. The number of benzene rings is 1. The van der Waals surface area contributed by atoms with E-state index in [2.05, 4.69) is 6.58 Å². The molecule has 0 spiro atoms. The van der Waals surface area contributed by atoms with Crippen LogP contribution in [-0.4, -0.2) is 0 Å². The maximum atomic E-state index is 12.6. The zero-order valence-electron chi connectivity index (χ0n) is 6.85. The number of halogens is 2. The molecule has 12 heavy (non-hydrogen) atoms. The highest BCUT2D eigenvalue weighted by Crippen LogP contribution is 2.25. The standard InChI is InChI=1S/C10H10ClF/c1-3-7(2)9-5-4-8(12)6-10(9)11/h3-7H,1H2,2H3/t7-/m0/s1. The van der Waals surface area contributed by atoms with Gasteiger partial charge < -0.3 is 0 Å². The van der Waals surface area contributed by atoms with Gasteiger partial charge in [-0.05, 0) is 17.7 Å². The molecule has 0 bridgehead atoms. The van der Waals surface area contributed by atoms with E-state index in [-0.39, 0.29) is 11.7 Å². The van der Waals surface area contributed by atoms with E-state index in [1.807, 2.05) is 6.92 Å². The first-order valence-electron chi connectivity index (χ1n) is 3.72. The molecule has 0 unspecified atom stereocenters. The monoisotopic (exact) mass is 184 g/mol. The second-order valence-corrected chi connectivity index (χ2v) is 3.10. The topological polar surface area (TPSA) is 0 Å². The Morgan fingerprint density at radius 2 is 2.25 bits per heavy atom. The summed E-state index contributed by atoms with van der Waals surface area (Å²) in [7, 11) is 0. The molecule has 2 heteroatoms. The molecule has 0 saturated carbocycles. The van der Waals surface area contributed by atoms with Crippen molar-refractivity contribution in [2.75, 3.05) is 0 Å². The van der Waals surface area contributed by atoms with E-state index in [0.29, 0.717) is 5.02 Å². The summed E-state index contributed by atoms with van der Waals surface area (Å²) in [6.07, 6.45) is 1.78. The van der Waals surface area contributed by atoms with E-state index in [1.54, 1.807) is 12.1 Å². The minimum Gasteiger partial charge on any atom is -0.207 e. The number of rotatable bonds is 2. The summed E-state index contributed by atoms with van der Waals surface area (Å²) in [5, 5.41) is 0.461. The van der Waals surface area contributed by atoms with Gasteiger partial charge in [0.05, 0.1) is 0 Å².